The second-order valence-corrected chi connectivity index (χ2v) is 3.32. The SMILES string of the molecule is CCN(Cc1ccco1)C(=O)C(F)(F)C(F)F. The molecule has 0 aliphatic heterocycles. The minimum atomic E-state index is -4.66. The van der Waals surface area contributed by atoms with Gasteiger partial charge in [-0.1, -0.05) is 0 Å². The molecule has 1 amide bonds. The number of halogens is 4. The molecule has 7 heteroatoms. The number of hydrogen-bond acceptors (Lipinski definition) is 2. The molecular weight excluding hydrogens is 242 g/mol. The van der Waals surface area contributed by atoms with Crippen molar-refractivity contribution >= 4 is 5.91 Å². The minimum absolute atomic E-state index is 0.109. The van der Waals surface area contributed by atoms with Crippen LogP contribution in [0.2, 0.25) is 0 Å². The van der Waals surface area contributed by atoms with Crippen LogP contribution in [0.4, 0.5) is 17.6 Å². The van der Waals surface area contributed by atoms with Gasteiger partial charge in [-0.05, 0) is 19.1 Å². The Morgan fingerprint density at radius 3 is 2.59 bits per heavy atom. The first kappa shape index (κ1) is 13.5. The maximum Gasteiger partial charge on any atom is 0.383 e. The number of nitrogens with zero attached hydrogens (tertiary/aromatic N) is 1. The van der Waals surface area contributed by atoms with Gasteiger partial charge in [0.2, 0.25) is 0 Å². The summed E-state index contributed by atoms with van der Waals surface area (Å²) in [5.41, 5.74) is 0. The van der Waals surface area contributed by atoms with Crippen molar-refractivity contribution in [3.05, 3.63) is 24.2 Å². The summed E-state index contributed by atoms with van der Waals surface area (Å²) in [6.07, 6.45) is -2.71. The van der Waals surface area contributed by atoms with Crippen molar-refractivity contribution in [3.8, 4) is 0 Å². The van der Waals surface area contributed by atoms with Crippen molar-refractivity contribution in [2.45, 2.75) is 25.8 Å². The summed E-state index contributed by atoms with van der Waals surface area (Å²) in [7, 11) is 0. The van der Waals surface area contributed by atoms with Crippen LogP contribution in [0.5, 0.6) is 0 Å². The smallest absolute Gasteiger partial charge is 0.383 e. The fourth-order valence-electron chi connectivity index (χ4n) is 1.22. The van der Waals surface area contributed by atoms with E-state index in [-0.39, 0.29) is 18.8 Å². The van der Waals surface area contributed by atoms with E-state index < -0.39 is 18.3 Å². The predicted octanol–water partition coefficient (Wildman–Crippen LogP) is 2.53. The zero-order chi connectivity index (χ0) is 13.1. The fraction of sp³-hybridized carbons (Fsp3) is 0.500. The van der Waals surface area contributed by atoms with Crippen molar-refractivity contribution in [2.75, 3.05) is 6.54 Å². The van der Waals surface area contributed by atoms with E-state index in [4.69, 9.17) is 4.42 Å². The molecule has 0 bridgehead atoms. The number of carbonyl (C=O) groups excluding carboxylic acids is 1. The average molecular weight is 253 g/mol. The Labute approximate surface area is 95.0 Å². The molecule has 1 rings (SSSR count). The van der Waals surface area contributed by atoms with E-state index in [9.17, 15) is 22.4 Å². The van der Waals surface area contributed by atoms with Crippen LogP contribution in [0.25, 0.3) is 0 Å². The molecule has 0 radical (unpaired) electrons. The second kappa shape index (κ2) is 5.20. The Balaban J connectivity index is 2.77. The third-order valence-electron chi connectivity index (χ3n) is 2.15. The van der Waals surface area contributed by atoms with Gasteiger partial charge in [-0.15, -0.1) is 0 Å². The summed E-state index contributed by atoms with van der Waals surface area (Å²) in [4.78, 5) is 11.8. The molecule has 3 nitrogen and oxygen atoms in total. The van der Waals surface area contributed by atoms with Crippen molar-refractivity contribution < 1.29 is 26.8 Å². The summed E-state index contributed by atoms with van der Waals surface area (Å²) in [5.74, 6) is -6.31. The first-order valence-electron chi connectivity index (χ1n) is 4.87. The van der Waals surface area contributed by atoms with E-state index in [1.165, 1.54) is 25.3 Å². The second-order valence-electron chi connectivity index (χ2n) is 3.32. The molecule has 0 unspecified atom stereocenters. The van der Waals surface area contributed by atoms with Gasteiger partial charge in [0.05, 0.1) is 12.8 Å². The lowest BCUT2D eigenvalue weighted by atomic mass is 10.2. The molecule has 0 saturated heterocycles. The highest BCUT2D eigenvalue weighted by Gasteiger charge is 2.50. The lowest BCUT2D eigenvalue weighted by Crippen LogP contribution is -2.47. The van der Waals surface area contributed by atoms with Gasteiger partial charge < -0.3 is 9.32 Å². The van der Waals surface area contributed by atoms with E-state index in [2.05, 4.69) is 0 Å². The van der Waals surface area contributed by atoms with Crippen molar-refractivity contribution in [3.63, 3.8) is 0 Å². The zero-order valence-corrected chi connectivity index (χ0v) is 9.00. The molecule has 17 heavy (non-hydrogen) atoms. The van der Waals surface area contributed by atoms with E-state index in [0.29, 0.717) is 4.90 Å². The number of hydrogen-bond donors (Lipinski definition) is 0. The highest BCUT2D eigenvalue weighted by atomic mass is 19.3. The molecule has 0 N–H and O–H groups in total. The van der Waals surface area contributed by atoms with Gasteiger partial charge in [0, 0.05) is 6.54 Å². The summed E-state index contributed by atoms with van der Waals surface area (Å²) >= 11 is 0. The summed E-state index contributed by atoms with van der Waals surface area (Å²) in [6.45, 7) is 1.05. The number of alkyl halides is 4. The molecular formula is C10H11F4NO2. The minimum Gasteiger partial charge on any atom is -0.467 e. The standard InChI is InChI=1S/C10H11F4NO2/c1-2-15(6-7-4-3-5-17-7)9(16)10(13,14)8(11)12/h3-5,8H,2,6H2,1H3. The first-order chi connectivity index (χ1) is 7.89. The number of amides is 1. The summed E-state index contributed by atoms with van der Waals surface area (Å²) in [5, 5.41) is 0. The molecule has 1 aromatic heterocycles. The third kappa shape index (κ3) is 2.98. The third-order valence-corrected chi connectivity index (χ3v) is 2.15. The molecule has 0 aromatic carbocycles. The van der Waals surface area contributed by atoms with Crippen LogP contribution >= 0.6 is 0 Å². The Kier molecular flexibility index (Phi) is 4.14. The van der Waals surface area contributed by atoms with Gasteiger partial charge in [0.15, 0.2) is 0 Å². The van der Waals surface area contributed by atoms with Gasteiger partial charge in [-0.25, -0.2) is 8.78 Å². The van der Waals surface area contributed by atoms with Crippen molar-refractivity contribution in [2.24, 2.45) is 0 Å². The number of carbonyl (C=O) groups is 1. The lowest BCUT2D eigenvalue weighted by molar-refractivity contribution is -0.181. The van der Waals surface area contributed by atoms with Crippen LogP contribution in [0.15, 0.2) is 22.8 Å². The van der Waals surface area contributed by atoms with Gasteiger partial charge in [0.25, 0.3) is 5.91 Å². The molecule has 96 valence electrons. The molecule has 0 aliphatic rings. The van der Waals surface area contributed by atoms with Gasteiger partial charge in [-0.2, -0.15) is 8.78 Å². The van der Waals surface area contributed by atoms with E-state index in [1.807, 2.05) is 0 Å². The van der Waals surface area contributed by atoms with E-state index in [0.717, 1.165) is 0 Å². The van der Waals surface area contributed by atoms with Gasteiger partial charge >= 0.3 is 12.3 Å². The first-order valence-corrected chi connectivity index (χ1v) is 4.87. The van der Waals surface area contributed by atoms with Crippen LogP contribution in [-0.4, -0.2) is 29.7 Å². The van der Waals surface area contributed by atoms with Crippen molar-refractivity contribution in [1.29, 1.82) is 0 Å². The monoisotopic (exact) mass is 253 g/mol. The maximum atomic E-state index is 12.8. The quantitative estimate of drug-likeness (QED) is 0.755. The molecule has 0 spiro atoms. The molecule has 0 aliphatic carbocycles. The Morgan fingerprint density at radius 2 is 2.18 bits per heavy atom. The lowest BCUT2D eigenvalue weighted by Gasteiger charge is -2.24. The maximum absolute atomic E-state index is 12.8. The number of furan rings is 1. The average Bonchev–Trinajstić information content (AvgIpc) is 2.77. The Bertz CT molecular complexity index is 364. The highest BCUT2D eigenvalue weighted by Crippen LogP contribution is 2.26. The molecule has 1 aromatic rings. The van der Waals surface area contributed by atoms with E-state index >= 15 is 0 Å². The number of rotatable bonds is 5. The molecule has 0 atom stereocenters. The normalized spacial score (nSPS) is 11.9. The topological polar surface area (TPSA) is 33.5 Å². The summed E-state index contributed by atoms with van der Waals surface area (Å²) in [6, 6.07) is 2.98. The molecule has 0 fully saturated rings. The van der Waals surface area contributed by atoms with Gasteiger partial charge in [0.1, 0.15) is 5.76 Å². The van der Waals surface area contributed by atoms with Gasteiger partial charge in [-0.3, -0.25) is 4.79 Å². The van der Waals surface area contributed by atoms with Crippen LogP contribution < -0.4 is 0 Å². The van der Waals surface area contributed by atoms with Crippen LogP contribution in [0, 0.1) is 0 Å². The van der Waals surface area contributed by atoms with E-state index in [1.54, 1.807) is 0 Å². The fourth-order valence-corrected chi connectivity index (χ4v) is 1.22. The van der Waals surface area contributed by atoms with Crippen LogP contribution in [0.1, 0.15) is 12.7 Å². The van der Waals surface area contributed by atoms with Crippen molar-refractivity contribution in [1.82, 2.24) is 4.90 Å². The Hall–Kier alpha value is -1.53. The predicted molar refractivity (Wildman–Crippen MR) is 50.8 cm³/mol. The largest absolute Gasteiger partial charge is 0.467 e. The highest BCUT2D eigenvalue weighted by molar-refractivity contribution is 5.83. The van der Waals surface area contributed by atoms with Crippen LogP contribution in [-0.2, 0) is 11.3 Å². The Morgan fingerprint density at radius 1 is 1.53 bits per heavy atom. The van der Waals surface area contributed by atoms with Crippen LogP contribution in [0.3, 0.4) is 0 Å². The molecule has 1 heterocycles. The molecule has 0 saturated carbocycles. The zero-order valence-electron chi connectivity index (χ0n) is 9.00. The summed E-state index contributed by atoms with van der Waals surface area (Å²) < 4.78 is 54.6.